The van der Waals surface area contributed by atoms with Crippen molar-refractivity contribution in [2.75, 3.05) is 26.2 Å². The smallest absolute Gasteiger partial charge is 0.254 e. The Labute approximate surface area is 168 Å². The van der Waals surface area contributed by atoms with Crippen LogP contribution in [0.4, 0.5) is 0 Å². The van der Waals surface area contributed by atoms with Crippen molar-refractivity contribution in [3.8, 4) is 0 Å². The van der Waals surface area contributed by atoms with E-state index in [1.54, 1.807) is 27.4 Å². The predicted molar refractivity (Wildman–Crippen MR) is 109 cm³/mol. The largest absolute Gasteiger partial charge is 0.334 e. The van der Waals surface area contributed by atoms with Gasteiger partial charge in [0.25, 0.3) is 5.91 Å². The summed E-state index contributed by atoms with van der Waals surface area (Å²) in [6, 6.07) is 6.50. The fourth-order valence-corrected chi connectivity index (χ4v) is 5.98. The summed E-state index contributed by atoms with van der Waals surface area (Å²) in [6.45, 7) is 6.35. The van der Waals surface area contributed by atoms with E-state index in [1.807, 2.05) is 0 Å². The second-order valence-electron chi connectivity index (χ2n) is 7.83. The summed E-state index contributed by atoms with van der Waals surface area (Å²) in [5, 5.41) is 0. The number of amides is 1. The van der Waals surface area contributed by atoms with Crippen LogP contribution in [0.15, 0.2) is 29.2 Å². The molecule has 1 aromatic rings. The molecule has 2 saturated heterocycles. The molecule has 0 bridgehead atoms. The molecule has 2 N–H and O–H groups in total. The summed E-state index contributed by atoms with van der Waals surface area (Å²) in [7, 11) is -3.59. The summed E-state index contributed by atoms with van der Waals surface area (Å²) in [5.41, 5.74) is 6.19. The zero-order valence-corrected chi connectivity index (χ0v) is 17.6. The second-order valence-corrected chi connectivity index (χ2v) is 9.76. The minimum Gasteiger partial charge on any atom is -0.334 e. The number of nitrogens with zero attached hydrogens (tertiary/aromatic N) is 2. The molecule has 2 heterocycles. The van der Waals surface area contributed by atoms with Gasteiger partial charge in [-0.3, -0.25) is 4.79 Å². The van der Waals surface area contributed by atoms with Gasteiger partial charge >= 0.3 is 0 Å². The van der Waals surface area contributed by atoms with E-state index < -0.39 is 10.0 Å². The summed E-state index contributed by atoms with van der Waals surface area (Å²) < 4.78 is 27.7. The van der Waals surface area contributed by atoms with E-state index in [1.165, 1.54) is 6.07 Å². The fourth-order valence-electron chi connectivity index (χ4n) is 4.25. The van der Waals surface area contributed by atoms with Crippen molar-refractivity contribution < 1.29 is 13.2 Å². The molecule has 2 aliphatic heterocycles. The van der Waals surface area contributed by atoms with Crippen molar-refractivity contribution >= 4 is 28.3 Å². The van der Waals surface area contributed by atoms with Crippen molar-refractivity contribution in [2.24, 2.45) is 17.6 Å². The molecule has 3 atom stereocenters. The minimum absolute atomic E-state index is 0. The number of piperidine rings is 1. The third-order valence-electron chi connectivity index (χ3n) is 5.46. The highest BCUT2D eigenvalue weighted by atomic mass is 35.5. The molecule has 0 spiro atoms. The maximum absolute atomic E-state index is 13.1. The lowest BCUT2D eigenvalue weighted by atomic mass is 9.94. The normalized spacial score (nSPS) is 26.6. The number of halogens is 1. The molecule has 1 amide bonds. The molecule has 1 aromatic carbocycles. The number of rotatable bonds is 4. The Hall–Kier alpha value is -1.15. The molecule has 0 saturated carbocycles. The third kappa shape index (κ3) is 4.65. The van der Waals surface area contributed by atoms with E-state index in [0.717, 1.165) is 19.3 Å². The van der Waals surface area contributed by atoms with Crippen molar-refractivity contribution in [3.63, 3.8) is 0 Å². The highest BCUT2D eigenvalue weighted by Gasteiger charge is 2.33. The second kappa shape index (κ2) is 8.90. The van der Waals surface area contributed by atoms with Crippen LogP contribution in [0.5, 0.6) is 0 Å². The SMILES string of the molecule is CC1CC(C)CN(S(=O)(=O)c2cccc(C(=O)N3CCCC3CN)c2)C1.Cl. The van der Waals surface area contributed by atoms with Crippen LogP contribution in [0.3, 0.4) is 0 Å². The van der Waals surface area contributed by atoms with Gasteiger partial charge in [0.2, 0.25) is 10.0 Å². The first-order valence-electron chi connectivity index (χ1n) is 9.44. The lowest BCUT2D eigenvalue weighted by Gasteiger charge is -2.34. The monoisotopic (exact) mass is 415 g/mol. The maximum Gasteiger partial charge on any atom is 0.254 e. The van der Waals surface area contributed by atoms with Crippen LogP contribution in [-0.4, -0.2) is 55.8 Å². The zero-order valence-electron chi connectivity index (χ0n) is 16.0. The van der Waals surface area contributed by atoms with Crippen LogP contribution in [0.2, 0.25) is 0 Å². The number of hydrogen-bond acceptors (Lipinski definition) is 4. The number of benzene rings is 1. The predicted octanol–water partition coefficient (Wildman–Crippen LogP) is 2.34. The Bertz CT molecular complexity index is 761. The fraction of sp³-hybridized carbons (Fsp3) is 0.632. The zero-order chi connectivity index (χ0) is 18.9. The van der Waals surface area contributed by atoms with Gasteiger partial charge in [0, 0.05) is 37.8 Å². The Morgan fingerprint density at radius 3 is 2.52 bits per heavy atom. The molecule has 152 valence electrons. The van der Waals surface area contributed by atoms with Gasteiger partial charge in [-0.05, 0) is 49.3 Å². The van der Waals surface area contributed by atoms with Crippen LogP contribution in [-0.2, 0) is 10.0 Å². The van der Waals surface area contributed by atoms with Crippen LogP contribution in [0.1, 0.15) is 43.5 Å². The molecule has 0 aromatic heterocycles. The van der Waals surface area contributed by atoms with E-state index in [-0.39, 0.29) is 29.3 Å². The Balaban J connectivity index is 0.00000261. The average molecular weight is 416 g/mol. The molecular weight excluding hydrogens is 386 g/mol. The molecule has 0 aliphatic carbocycles. The van der Waals surface area contributed by atoms with Crippen molar-refractivity contribution in [1.82, 2.24) is 9.21 Å². The Morgan fingerprint density at radius 1 is 1.22 bits per heavy atom. The van der Waals surface area contributed by atoms with Crippen molar-refractivity contribution in [3.05, 3.63) is 29.8 Å². The number of nitrogens with two attached hydrogens (primary N) is 1. The van der Waals surface area contributed by atoms with E-state index in [9.17, 15) is 13.2 Å². The summed E-state index contributed by atoms with van der Waals surface area (Å²) in [6.07, 6.45) is 2.89. The van der Waals surface area contributed by atoms with Gasteiger partial charge in [0.1, 0.15) is 0 Å². The number of carbonyl (C=O) groups excluding carboxylic acids is 1. The third-order valence-corrected chi connectivity index (χ3v) is 7.29. The Kier molecular flexibility index (Phi) is 7.30. The number of likely N-dealkylation sites (tertiary alicyclic amines) is 1. The van der Waals surface area contributed by atoms with E-state index >= 15 is 0 Å². The number of hydrogen-bond donors (Lipinski definition) is 1. The molecular formula is C19H30ClN3O3S. The molecule has 3 unspecified atom stereocenters. The van der Waals surface area contributed by atoms with E-state index in [2.05, 4.69) is 13.8 Å². The van der Waals surface area contributed by atoms with Crippen LogP contribution in [0.25, 0.3) is 0 Å². The van der Waals surface area contributed by atoms with Gasteiger partial charge in [-0.15, -0.1) is 12.4 Å². The van der Waals surface area contributed by atoms with Crippen LogP contribution in [0, 0.1) is 11.8 Å². The summed E-state index contributed by atoms with van der Waals surface area (Å²) >= 11 is 0. The average Bonchev–Trinajstić information content (AvgIpc) is 3.09. The quantitative estimate of drug-likeness (QED) is 0.817. The minimum atomic E-state index is -3.59. The molecule has 0 radical (unpaired) electrons. The van der Waals surface area contributed by atoms with Gasteiger partial charge in [-0.2, -0.15) is 4.31 Å². The van der Waals surface area contributed by atoms with Crippen molar-refractivity contribution in [2.45, 2.75) is 44.0 Å². The molecule has 8 heteroatoms. The number of carbonyl (C=O) groups is 1. The van der Waals surface area contributed by atoms with Gasteiger partial charge in [-0.25, -0.2) is 8.42 Å². The first-order chi connectivity index (χ1) is 12.3. The summed E-state index contributed by atoms with van der Waals surface area (Å²) in [4.78, 5) is 14.8. The summed E-state index contributed by atoms with van der Waals surface area (Å²) in [5.74, 6) is 0.553. The van der Waals surface area contributed by atoms with Gasteiger partial charge in [0.05, 0.1) is 4.90 Å². The lowest BCUT2D eigenvalue weighted by molar-refractivity contribution is 0.0741. The van der Waals surface area contributed by atoms with E-state index in [4.69, 9.17) is 5.73 Å². The first-order valence-corrected chi connectivity index (χ1v) is 10.9. The van der Waals surface area contributed by atoms with Gasteiger partial charge in [-0.1, -0.05) is 19.9 Å². The maximum atomic E-state index is 13.1. The lowest BCUT2D eigenvalue weighted by Crippen LogP contribution is -2.42. The Morgan fingerprint density at radius 2 is 1.89 bits per heavy atom. The van der Waals surface area contributed by atoms with Gasteiger partial charge < -0.3 is 10.6 Å². The highest BCUT2D eigenvalue weighted by Crippen LogP contribution is 2.27. The van der Waals surface area contributed by atoms with Crippen molar-refractivity contribution in [1.29, 1.82) is 0 Å². The molecule has 6 nitrogen and oxygen atoms in total. The first kappa shape index (κ1) is 22.1. The topological polar surface area (TPSA) is 83.7 Å². The van der Waals surface area contributed by atoms with Crippen LogP contribution < -0.4 is 5.73 Å². The van der Waals surface area contributed by atoms with Gasteiger partial charge in [0.15, 0.2) is 0 Å². The van der Waals surface area contributed by atoms with E-state index in [0.29, 0.717) is 43.6 Å². The molecule has 2 aliphatic rings. The van der Waals surface area contributed by atoms with Crippen LogP contribution >= 0.6 is 12.4 Å². The molecule has 27 heavy (non-hydrogen) atoms. The number of sulfonamides is 1. The standard InChI is InChI=1S/C19H29N3O3S.ClH/c1-14-9-15(2)13-21(12-14)26(24,25)18-7-3-5-16(10-18)19(23)22-8-4-6-17(22)11-20;/h3,5,7,10,14-15,17H,4,6,8-9,11-13,20H2,1-2H3;1H. The molecule has 2 fully saturated rings. The highest BCUT2D eigenvalue weighted by molar-refractivity contribution is 7.89. The molecule has 3 rings (SSSR count).